The van der Waals surface area contributed by atoms with Crippen LogP contribution in [-0.4, -0.2) is 44.4 Å². The molecule has 0 spiro atoms. The lowest BCUT2D eigenvalue weighted by Crippen LogP contribution is -2.39. The Morgan fingerprint density at radius 1 is 1.43 bits per heavy atom. The molecule has 0 aliphatic rings. The molecule has 0 unspecified atom stereocenters. The van der Waals surface area contributed by atoms with Crippen molar-refractivity contribution in [3.63, 3.8) is 0 Å². The summed E-state index contributed by atoms with van der Waals surface area (Å²) in [7, 11) is 3.84. The first kappa shape index (κ1) is 19.4. The standard InChI is InChI=1S/C14H23N7O.HI/c1-5-11-7-12(22-19-11)8-16-14(15-6-2)20(3)9-13-17-10-18-21(13)4;/h7,10H,5-6,8-9H2,1-4H3,(H,15,16);1H. The third kappa shape index (κ3) is 5.48. The molecule has 2 rings (SSSR count). The van der Waals surface area contributed by atoms with E-state index in [2.05, 4.69) is 25.5 Å². The van der Waals surface area contributed by atoms with Crippen molar-refractivity contribution >= 4 is 29.9 Å². The van der Waals surface area contributed by atoms with Crippen molar-refractivity contribution in [1.29, 1.82) is 0 Å². The van der Waals surface area contributed by atoms with Crippen molar-refractivity contribution < 1.29 is 4.52 Å². The number of aromatic nitrogens is 4. The topological polar surface area (TPSA) is 84.4 Å². The molecule has 0 fully saturated rings. The Labute approximate surface area is 153 Å². The van der Waals surface area contributed by atoms with E-state index in [1.54, 1.807) is 11.0 Å². The zero-order valence-corrected chi connectivity index (χ0v) is 16.3. The largest absolute Gasteiger partial charge is 0.359 e. The molecule has 8 nitrogen and oxygen atoms in total. The van der Waals surface area contributed by atoms with Gasteiger partial charge in [-0.2, -0.15) is 5.10 Å². The van der Waals surface area contributed by atoms with E-state index < -0.39 is 0 Å². The summed E-state index contributed by atoms with van der Waals surface area (Å²) in [4.78, 5) is 10.8. The average Bonchev–Trinajstić information content (AvgIpc) is 3.13. The molecule has 0 amide bonds. The predicted molar refractivity (Wildman–Crippen MR) is 98.6 cm³/mol. The molecule has 0 aliphatic carbocycles. The normalized spacial score (nSPS) is 11.2. The molecule has 0 saturated heterocycles. The van der Waals surface area contributed by atoms with E-state index in [-0.39, 0.29) is 24.0 Å². The van der Waals surface area contributed by atoms with Crippen molar-refractivity contribution in [2.24, 2.45) is 12.0 Å². The highest BCUT2D eigenvalue weighted by Crippen LogP contribution is 2.06. The zero-order chi connectivity index (χ0) is 15.9. The molecular weight excluding hydrogens is 409 g/mol. The fourth-order valence-electron chi connectivity index (χ4n) is 1.97. The fourth-order valence-corrected chi connectivity index (χ4v) is 1.97. The van der Waals surface area contributed by atoms with Gasteiger partial charge in [0.1, 0.15) is 18.7 Å². The Kier molecular flexibility index (Phi) is 8.00. The van der Waals surface area contributed by atoms with Crippen LogP contribution in [0.15, 0.2) is 21.9 Å². The van der Waals surface area contributed by atoms with E-state index in [9.17, 15) is 0 Å². The van der Waals surface area contributed by atoms with E-state index in [1.807, 2.05) is 38.9 Å². The van der Waals surface area contributed by atoms with Gasteiger partial charge < -0.3 is 14.7 Å². The van der Waals surface area contributed by atoms with E-state index in [1.165, 1.54) is 0 Å². The van der Waals surface area contributed by atoms with Crippen LogP contribution in [0, 0.1) is 0 Å². The number of nitrogens with zero attached hydrogens (tertiary/aromatic N) is 6. The number of guanidine groups is 1. The number of nitrogens with one attached hydrogen (secondary N) is 1. The maximum absolute atomic E-state index is 5.26. The monoisotopic (exact) mass is 433 g/mol. The number of rotatable bonds is 6. The Balaban J connectivity index is 0.00000264. The SMILES string of the molecule is CCNC(=NCc1cc(CC)no1)N(C)Cc1ncnn1C.I. The van der Waals surface area contributed by atoms with Gasteiger partial charge in [0, 0.05) is 26.7 Å². The minimum Gasteiger partial charge on any atom is -0.359 e. The van der Waals surface area contributed by atoms with Gasteiger partial charge in [-0.25, -0.2) is 9.98 Å². The molecule has 0 atom stereocenters. The molecule has 0 bridgehead atoms. The van der Waals surface area contributed by atoms with Crippen molar-refractivity contribution in [1.82, 2.24) is 30.1 Å². The minimum atomic E-state index is 0. The second kappa shape index (κ2) is 9.48. The van der Waals surface area contributed by atoms with Crippen LogP contribution in [0.1, 0.15) is 31.1 Å². The molecular formula is C14H24IN7O. The summed E-state index contributed by atoms with van der Waals surface area (Å²) in [5, 5.41) is 11.3. The van der Waals surface area contributed by atoms with Crippen LogP contribution >= 0.6 is 24.0 Å². The molecule has 23 heavy (non-hydrogen) atoms. The smallest absolute Gasteiger partial charge is 0.194 e. The Morgan fingerprint density at radius 2 is 2.22 bits per heavy atom. The van der Waals surface area contributed by atoms with Gasteiger partial charge in [0.05, 0.1) is 12.2 Å². The highest BCUT2D eigenvalue weighted by Gasteiger charge is 2.10. The summed E-state index contributed by atoms with van der Waals surface area (Å²) in [6.45, 7) is 5.95. The van der Waals surface area contributed by atoms with Crippen LogP contribution in [0.2, 0.25) is 0 Å². The summed E-state index contributed by atoms with van der Waals surface area (Å²) in [5.74, 6) is 2.43. The van der Waals surface area contributed by atoms with Gasteiger partial charge in [-0.15, -0.1) is 24.0 Å². The molecule has 0 aliphatic heterocycles. The molecule has 128 valence electrons. The Hall–Kier alpha value is -1.65. The quantitative estimate of drug-likeness (QED) is 0.423. The van der Waals surface area contributed by atoms with E-state index in [0.717, 1.165) is 36.2 Å². The van der Waals surface area contributed by atoms with Crippen LogP contribution in [0.3, 0.4) is 0 Å². The van der Waals surface area contributed by atoms with Gasteiger partial charge in [-0.1, -0.05) is 12.1 Å². The van der Waals surface area contributed by atoms with Gasteiger partial charge in [-0.05, 0) is 13.3 Å². The highest BCUT2D eigenvalue weighted by atomic mass is 127. The molecule has 2 heterocycles. The molecule has 2 aromatic heterocycles. The lowest BCUT2D eigenvalue weighted by Gasteiger charge is -2.21. The summed E-state index contributed by atoms with van der Waals surface area (Å²) in [5.41, 5.74) is 0.947. The molecule has 1 N–H and O–H groups in total. The average molecular weight is 433 g/mol. The van der Waals surface area contributed by atoms with Crippen LogP contribution in [-0.2, 0) is 26.6 Å². The number of aliphatic imine (C=N–C) groups is 1. The van der Waals surface area contributed by atoms with Crippen LogP contribution < -0.4 is 5.32 Å². The Morgan fingerprint density at radius 3 is 2.78 bits per heavy atom. The van der Waals surface area contributed by atoms with Crippen LogP contribution in [0.5, 0.6) is 0 Å². The van der Waals surface area contributed by atoms with Gasteiger partial charge in [0.25, 0.3) is 0 Å². The number of aryl methyl sites for hydroxylation is 2. The maximum atomic E-state index is 5.26. The molecule has 0 saturated carbocycles. The summed E-state index contributed by atoms with van der Waals surface area (Å²) in [6.07, 6.45) is 2.41. The molecule has 0 aromatic carbocycles. The summed E-state index contributed by atoms with van der Waals surface area (Å²) < 4.78 is 7.01. The summed E-state index contributed by atoms with van der Waals surface area (Å²) in [6, 6.07) is 1.94. The van der Waals surface area contributed by atoms with Crippen LogP contribution in [0.25, 0.3) is 0 Å². The van der Waals surface area contributed by atoms with E-state index in [4.69, 9.17) is 4.52 Å². The minimum absolute atomic E-state index is 0. The van der Waals surface area contributed by atoms with Crippen molar-refractivity contribution in [2.75, 3.05) is 13.6 Å². The maximum Gasteiger partial charge on any atom is 0.194 e. The number of halogens is 1. The van der Waals surface area contributed by atoms with Gasteiger partial charge in [0.2, 0.25) is 0 Å². The fraction of sp³-hybridized carbons (Fsp3) is 0.571. The Bertz CT molecular complexity index is 622. The molecule has 0 radical (unpaired) electrons. The van der Waals surface area contributed by atoms with Crippen molar-refractivity contribution in [2.45, 2.75) is 33.4 Å². The molecule has 9 heteroatoms. The number of hydrogen-bond acceptors (Lipinski definition) is 5. The third-order valence-electron chi connectivity index (χ3n) is 3.23. The lowest BCUT2D eigenvalue weighted by atomic mass is 10.3. The van der Waals surface area contributed by atoms with Crippen molar-refractivity contribution in [3.05, 3.63) is 29.7 Å². The lowest BCUT2D eigenvalue weighted by molar-refractivity contribution is 0.377. The van der Waals surface area contributed by atoms with E-state index in [0.29, 0.717) is 13.1 Å². The molecule has 2 aromatic rings. The first-order chi connectivity index (χ1) is 10.6. The van der Waals surface area contributed by atoms with Crippen LogP contribution in [0.4, 0.5) is 0 Å². The first-order valence-corrected chi connectivity index (χ1v) is 7.40. The highest BCUT2D eigenvalue weighted by molar-refractivity contribution is 14.0. The van der Waals surface area contributed by atoms with E-state index >= 15 is 0 Å². The first-order valence-electron chi connectivity index (χ1n) is 7.40. The second-order valence-corrected chi connectivity index (χ2v) is 4.96. The number of hydrogen-bond donors (Lipinski definition) is 1. The zero-order valence-electron chi connectivity index (χ0n) is 14.0. The van der Waals surface area contributed by atoms with Gasteiger partial charge in [-0.3, -0.25) is 4.68 Å². The van der Waals surface area contributed by atoms with Gasteiger partial charge in [0.15, 0.2) is 11.7 Å². The van der Waals surface area contributed by atoms with Crippen molar-refractivity contribution in [3.8, 4) is 0 Å². The third-order valence-corrected chi connectivity index (χ3v) is 3.23. The van der Waals surface area contributed by atoms with Gasteiger partial charge >= 0.3 is 0 Å². The summed E-state index contributed by atoms with van der Waals surface area (Å²) >= 11 is 0. The predicted octanol–water partition coefficient (Wildman–Crippen LogP) is 1.58. The second-order valence-electron chi connectivity index (χ2n) is 4.96.